The molecule has 0 saturated heterocycles. The van der Waals surface area contributed by atoms with Crippen LogP contribution in [0.2, 0.25) is 0 Å². The summed E-state index contributed by atoms with van der Waals surface area (Å²) < 4.78 is 1.55. The van der Waals surface area contributed by atoms with Crippen LogP contribution in [0.3, 0.4) is 0 Å². The van der Waals surface area contributed by atoms with Crippen molar-refractivity contribution in [2.45, 2.75) is 20.2 Å². The molecule has 0 unspecified atom stereocenters. The summed E-state index contributed by atoms with van der Waals surface area (Å²) in [5, 5.41) is 16.6. The van der Waals surface area contributed by atoms with E-state index in [1.54, 1.807) is 16.9 Å². The van der Waals surface area contributed by atoms with E-state index in [2.05, 4.69) is 26.0 Å². The first-order chi connectivity index (χ1) is 14.2. The molecule has 2 heterocycles. The summed E-state index contributed by atoms with van der Waals surface area (Å²) in [6, 6.07) is 19.0. The quantitative estimate of drug-likeness (QED) is 0.487. The Morgan fingerprint density at radius 1 is 1.03 bits per heavy atom. The van der Waals surface area contributed by atoms with Gasteiger partial charge < -0.3 is 0 Å². The van der Waals surface area contributed by atoms with E-state index in [-0.39, 0.29) is 19.0 Å². The summed E-state index contributed by atoms with van der Waals surface area (Å²) >= 11 is 0. The number of benzene rings is 2. The first-order valence-electron chi connectivity index (χ1n) is 9.02. The Balaban J connectivity index is 1.31. The third kappa shape index (κ3) is 4.71. The Bertz CT molecular complexity index is 1090. The van der Waals surface area contributed by atoms with Crippen LogP contribution in [0.25, 0.3) is 11.4 Å². The molecule has 0 aliphatic rings. The molecule has 146 valence electrons. The largest absolute Gasteiger partial charge is 0.295 e. The van der Waals surface area contributed by atoms with Crippen LogP contribution >= 0.6 is 0 Å². The number of tetrazole rings is 1. The van der Waals surface area contributed by atoms with Crippen LogP contribution in [-0.4, -0.2) is 35.9 Å². The van der Waals surface area contributed by atoms with Crippen molar-refractivity contribution in [1.29, 1.82) is 0 Å². The number of aromatic nitrogens is 6. The number of carbonyl (C=O) groups is 1. The van der Waals surface area contributed by atoms with Gasteiger partial charge in [0.1, 0.15) is 0 Å². The molecule has 0 bridgehead atoms. The van der Waals surface area contributed by atoms with Gasteiger partial charge in [0.05, 0.1) is 6.61 Å². The lowest BCUT2D eigenvalue weighted by molar-refractivity contribution is 0.0228. The highest BCUT2D eigenvalue weighted by atomic mass is 16.6. The average molecular weight is 389 g/mol. The molecule has 4 aromatic rings. The lowest BCUT2D eigenvalue weighted by Gasteiger charge is -2.05. The Morgan fingerprint density at radius 3 is 2.62 bits per heavy atom. The van der Waals surface area contributed by atoms with Gasteiger partial charge in [-0.1, -0.05) is 60.2 Å². The summed E-state index contributed by atoms with van der Waals surface area (Å²) in [5.74, 6) is 0.104. The molecular weight excluding hydrogens is 370 g/mol. The second-order valence-electron chi connectivity index (χ2n) is 6.44. The molecule has 0 spiro atoms. The smallest absolute Gasteiger partial charge is 0.269 e. The Labute approximate surface area is 166 Å². The topological polar surface area (TPSA) is 99.8 Å². The van der Waals surface area contributed by atoms with Gasteiger partial charge in [0.25, 0.3) is 5.91 Å². The first-order valence-corrected chi connectivity index (χ1v) is 9.02. The van der Waals surface area contributed by atoms with Crippen molar-refractivity contribution < 1.29 is 9.63 Å². The van der Waals surface area contributed by atoms with Crippen LogP contribution in [0.1, 0.15) is 21.6 Å². The molecule has 29 heavy (non-hydrogen) atoms. The van der Waals surface area contributed by atoms with Gasteiger partial charge in [0.2, 0.25) is 5.82 Å². The van der Waals surface area contributed by atoms with Gasteiger partial charge in [-0.05, 0) is 23.8 Å². The van der Waals surface area contributed by atoms with E-state index in [0.717, 1.165) is 11.1 Å². The molecule has 9 heteroatoms. The minimum absolute atomic E-state index is 0.233. The van der Waals surface area contributed by atoms with Gasteiger partial charge in [0, 0.05) is 11.8 Å². The van der Waals surface area contributed by atoms with Crippen molar-refractivity contribution >= 4 is 5.91 Å². The minimum atomic E-state index is -0.424. The second kappa shape index (κ2) is 8.44. The summed E-state index contributed by atoms with van der Waals surface area (Å²) in [7, 11) is 0. The zero-order valence-corrected chi connectivity index (χ0v) is 15.8. The lowest BCUT2D eigenvalue weighted by Crippen LogP contribution is -2.24. The maximum Gasteiger partial charge on any atom is 0.295 e. The summed E-state index contributed by atoms with van der Waals surface area (Å²) in [5.41, 5.74) is 5.65. The number of hydroxylamine groups is 1. The van der Waals surface area contributed by atoms with Crippen molar-refractivity contribution in [2.75, 3.05) is 0 Å². The summed E-state index contributed by atoms with van der Waals surface area (Å²) in [6.07, 6.45) is 1.67. The second-order valence-corrected chi connectivity index (χ2v) is 6.44. The molecule has 0 radical (unpaired) electrons. The van der Waals surface area contributed by atoms with Crippen LogP contribution in [0.15, 0.2) is 66.9 Å². The number of amides is 1. The summed E-state index contributed by atoms with van der Waals surface area (Å²) in [4.78, 5) is 18.9. The zero-order chi connectivity index (χ0) is 20.1. The molecule has 2 aromatic heterocycles. The Morgan fingerprint density at radius 2 is 1.83 bits per heavy atom. The Kier molecular flexibility index (Phi) is 5.39. The lowest BCUT2D eigenvalue weighted by atomic mass is 10.2. The van der Waals surface area contributed by atoms with Gasteiger partial charge >= 0.3 is 0 Å². The number of aryl methyl sites for hydroxylation is 1. The molecular formula is C20H19N7O2. The van der Waals surface area contributed by atoms with Crippen LogP contribution in [0.5, 0.6) is 0 Å². The molecule has 0 atom stereocenters. The fourth-order valence-corrected chi connectivity index (χ4v) is 2.62. The third-order valence-corrected chi connectivity index (χ3v) is 4.15. The van der Waals surface area contributed by atoms with E-state index in [0.29, 0.717) is 5.82 Å². The molecule has 1 N–H and O–H groups in total. The molecule has 9 nitrogen and oxygen atoms in total. The van der Waals surface area contributed by atoms with Gasteiger partial charge in [-0.15, -0.1) is 15.0 Å². The summed E-state index contributed by atoms with van der Waals surface area (Å²) in [6.45, 7) is 2.52. The van der Waals surface area contributed by atoms with E-state index < -0.39 is 5.91 Å². The third-order valence-electron chi connectivity index (χ3n) is 4.15. The van der Waals surface area contributed by atoms with E-state index in [1.807, 2.05) is 61.5 Å². The van der Waals surface area contributed by atoms with Crippen LogP contribution in [0, 0.1) is 6.92 Å². The van der Waals surface area contributed by atoms with E-state index in [9.17, 15) is 4.79 Å². The molecule has 2 aromatic carbocycles. The van der Waals surface area contributed by atoms with Gasteiger partial charge in [-0.2, -0.15) is 5.10 Å². The van der Waals surface area contributed by atoms with Crippen molar-refractivity contribution in [1.82, 2.24) is 35.5 Å². The van der Waals surface area contributed by atoms with Crippen LogP contribution in [-0.2, 0) is 18.1 Å². The van der Waals surface area contributed by atoms with Crippen molar-refractivity contribution in [3.05, 3.63) is 83.7 Å². The van der Waals surface area contributed by atoms with E-state index in [1.165, 1.54) is 10.4 Å². The minimum Gasteiger partial charge on any atom is -0.269 e. The molecule has 0 saturated carbocycles. The number of hydrogen-bond donors (Lipinski definition) is 1. The predicted molar refractivity (Wildman–Crippen MR) is 104 cm³/mol. The number of nitrogens with zero attached hydrogens (tertiary/aromatic N) is 6. The fraction of sp³-hybridized carbons (Fsp3) is 0.150. The molecule has 0 aliphatic heterocycles. The van der Waals surface area contributed by atoms with E-state index in [4.69, 9.17) is 4.84 Å². The van der Waals surface area contributed by atoms with Crippen molar-refractivity contribution in [2.24, 2.45) is 0 Å². The van der Waals surface area contributed by atoms with E-state index >= 15 is 0 Å². The normalized spacial score (nSPS) is 10.8. The SMILES string of the molecule is Cc1ccc(CONC(=O)c2ccn(Cn3nnc(-c4ccccc4)n3)n2)cc1. The van der Waals surface area contributed by atoms with Crippen molar-refractivity contribution in [3.63, 3.8) is 0 Å². The highest BCUT2D eigenvalue weighted by Gasteiger charge is 2.11. The Hall–Kier alpha value is -3.85. The number of rotatable bonds is 7. The standard InChI is InChI=1S/C20H19N7O2/c1-15-7-9-16(10-8-15)13-29-24-20(28)18-11-12-26(22-18)14-27-23-19(21-25-27)17-5-3-2-4-6-17/h2-12H,13-14H2,1H3,(H,24,28). The molecule has 0 fully saturated rings. The number of hydrogen-bond acceptors (Lipinski definition) is 6. The zero-order valence-electron chi connectivity index (χ0n) is 15.8. The van der Waals surface area contributed by atoms with Gasteiger partial charge in [0.15, 0.2) is 12.4 Å². The molecule has 4 rings (SSSR count). The predicted octanol–water partition coefficient (Wildman–Crippen LogP) is 2.21. The highest BCUT2D eigenvalue weighted by molar-refractivity contribution is 5.91. The molecule has 0 aliphatic carbocycles. The van der Waals surface area contributed by atoms with Crippen LogP contribution < -0.4 is 5.48 Å². The van der Waals surface area contributed by atoms with Gasteiger partial charge in [-0.3, -0.25) is 9.63 Å². The van der Waals surface area contributed by atoms with Crippen LogP contribution in [0.4, 0.5) is 0 Å². The maximum absolute atomic E-state index is 12.2. The van der Waals surface area contributed by atoms with Crippen molar-refractivity contribution in [3.8, 4) is 11.4 Å². The number of carbonyl (C=O) groups excluding carboxylic acids is 1. The fourth-order valence-electron chi connectivity index (χ4n) is 2.62. The monoisotopic (exact) mass is 389 g/mol. The maximum atomic E-state index is 12.2. The average Bonchev–Trinajstić information content (AvgIpc) is 3.40. The molecule has 1 amide bonds. The number of nitrogens with one attached hydrogen (secondary N) is 1. The highest BCUT2D eigenvalue weighted by Crippen LogP contribution is 2.11. The van der Waals surface area contributed by atoms with Gasteiger partial charge in [-0.25, -0.2) is 10.2 Å². The first kappa shape index (κ1) is 18.5.